The number of piperazine rings is 1. The summed E-state index contributed by atoms with van der Waals surface area (Å²) >= 11 is 0. The molecule has 12 nitrogen and oxygen atoms in total. The minimum atomic E-state index is -3.60. The van der Waals surface area contributed by atoms with Gasteiger partial charge in [-0.25, -0.2) is 8.42 Å². The van der Waals surface area contributed by atoms with Gasteiger partial charge in [0.2, 0.25) is 15.9 Å². The van der Waals surface area contributed by atoms with Crippen molar-refractivity contribution in [2.75, 3.05) is 83.3 Å². The van der Waals surface area contributed by atoms with Crippen LogP contribution in [-0.4, -0.2) is 124 Å². The van der Waals surface area contributed by atoms with Crippen LogP contribution in [0.2, 0.25) is 0 Å². The molecule has 262 valence electrons. The van der Waals surface area contributed by atoms with Crippen LogP contribution in [0.5, 0.6) is 5.75 Å². The van der Waals surface area contributed by atoms with E-state index >= 15 is 0 Å². The van der Waals surface area contributed by atoms with Crippen molar-refractivity contribution in [2.45, 2.75) is 45.2 Å². The molecule has 2 N–H and O–H groups in total. The molecule has 1 atom stereocenters. The monoisotopic (exact) mass is 681 g/mol. The topological polar surface area (TPSA) is 119 Å². The number of sulfonamides is 1. The maximum Gasteiger partial charge on any atom is 0.272 e. The Hall–Kier alpha value is -3.65. The molecule has 2 aromatic carbocycles. The normalized spacial score (nSPS) is 18.1. The number of nitrogens with one attached hydrogen (secondary N) is 2. The van der Waals surface area contributed by atoms with Crippen LogP contribution < -0.4 is 14.8 Å². The fourth-order valence-electron chi connectivity index (χ4n) is 6.75. The van der Waals surface area contributed by atoms with Crippen LogP contribution in [0.1, 0.15) is 48.8 Å². The Bertz CT molecular complexity index is 1770. The van der Waals surface area contributed by atoms with Crippen molar-refractivity contribution in [3.63, 3.8) is 0 Å². The molecular formula is C35H51N7O5S. The Morgan fingerprint density at radius 2 is 1.69 bits per heavy atom. The molecule has 13 heteroatoms. The highest BCUT2D eigenvalue weighted by atomic mass is 32.2. The highest BCUT2D eigenvalue weighted by Crippen LogP contribution is 2.39. The molecule has 5 rings (SSSR count). The number of carbonyl (C=O) groups excluding carboxylic acids is 2. The molecule has 0 unspecified atom stereocenters. The van der Waals surface area contributed by atoms with Gasteiger partial charge in [0.05, 0.1) is 36.8 Å². The van der Waals surface area contributed by atoms with Gasteiger partial charge in [0.25, 0.3) is 5.91 Å². The first-order chi connectivity index (χ1) is 22.5. The van der Waals surface area contributed by atoms with Gasteiger partial charge in [-0.1, -0.05) is 39.0 Å². The lowest BCUT2D eigenvalue weighted by Crippen LogP contribution is -2.50. The first kappa shape index (κ1) is 35.7. The maximum atomic E-state index is 13.8. The number of aryl methyl sites for hydroxylation is 1. The predicted octanol–water partition coefficient (Wildman–Crippen LogP) is 3.39. The molecule has 0 aliphatic carbocycles. The third-order valence-electron chi connectivity index (χ3n) is 9.53. The summed E-state index contributed by atoms with van der Waals surface area (Å²) in [6, 6.07) is 12.1. The van der Waals surface area contributed by atoms with Crippen molar-refractivity contribution < 1.29 is 22.7 Å². The number of likely N-dealkylation sites (tertiary alicyclic amines) is 1. The van der Waals surface area contributed by atoms with Crippen LogP contribution in [-0.2, 0) is 33.8 Å². The second-order valence-electron chi connectivity index (χ2n) is 14.4. The van der Waals surface area contributed by atoms with E-state index in [1.165, 1.54) is 7.11 Å². The Balaban J connectivity index is 1.30. The molecule has 2 saturated heterocycles. The second-order valence-corrected chi connectivity index (χ2v) is 16.2. The molecule has 0 saturated carbocycles. The van der Waals surface area contributed by atoms with Crippen molar-refractivity contribution in [1.29, 1.82) is 0 Å². The van der Waals surface area contributed by atoms with Gasteiger partial charge < -0.3 is 24.4 Å². The maximum absolute atomic E-state index is 13.8. The summed E-state index contributed by atoms with van der Waals surface area (Å²) in [7, 11) is 3.93. The lowest BCUT2D eigenvalue weighted by atomic mass is 9.86. The van der Waals surface area contributed by atoms with Crippen molar-refractivity contribution in [3.8, 4) is 5.75 Å². The summed E-state index contributed by atoms with van der Waals surface area (Å²) in [5.74, 6) is 0.103. The molecule has 0 spiro atoms. The van der Waals surface area contributed by atoms with Crippen molar-refractivity contribution >= 4 is 44.1 Å². The van der Waals surface area contributed by atoms with E-state index in [1.807, 2.05) is 61.6 Å². The summed E-state index contributed by atoms with van der Waals surface area (Å²) in [4.78, 5) is 35.8. The molecule has 1 aromatic heterocycles. The number of fused-ring (bicyclic) bond motifs is 1. The van der Waals surface area contributed by atoms with E-state index in [9.17, 15) is 18.0 Å². The molecule has 2 fully saturated rings. The summed E-state index contributed by atoms with van der Waals surface area (Å²) in [6.45, 7) is 12.1. The van der Waals surface area contributed by atoms with Gasteiger partial charge in [0, 0.05) is 64.3 Å². The lowest BCUT2D eigenvalue weighted by molar-refractivity contribution is -0.134. The van der Waals surface area contributed by atoms with Gasteiger partial charge in [-0.15, -0.1) is 0 Å². The van der Waals surface area contributed by atoms with E-state index < -0.39 is 10.0 Å². The van der Waals surface area contributed by atoms with Crippen molar-refractivity contribution in [1.82, 2.24) is 24.2 Å². The number of carbonyl (C=O) groups is 2. The van der Waals surface area contributed by atoms with E-state index in [0.717, 1.165) is 60.9 Å². The third-order valence-corrected chi connectivity index (χ3v) is 10.1. The smallest absolute Gasteiger partial charge is 0.272 e. The average molecular weight is 682 g/mol. The molecule has 3 aromatic rings. The number of anilines is 2. The molecule has 3 heterocycles. The fraction of sp³-hybridized carbons (Fsp3) is 0.543. The molecule has 0 bridgehead atoms. The number of methoxy groups -OCH3 is 1. The minimum Gasteiger partial charge on any atom is -0.492 e. The van der Waals surface area contributed by atoms with Crippen molar-refractivity contribution in [3.05, 3.63) is 53.2 Å². The van der Waals surface area contributed by atoms with E-state index in [-0.39, 0.29) is 28.7 Å². The van der Waals surface area contributed by atoms with E-state index in [4.69, 9.17) is 4.74 Å². The molecule has 0 radical (unpaired) electrons. The Kier molecular flexibility index (Phi) is 10.4. The summed E-state index contributed by atoms with van der Waals surface area (Å²) in [5.41, 5.74) is 3.69. The summed E-state index contributed by atoms with van der Waals surface area (Å²) in [5, 5.41) is 3.94. The van der Waals surface area contributed by atoms with E-state index in [0.29, 0.717) is 43.6 Å². The van der Waals surface area contributed by atoms with Gasteiger partial charge in [-0.2, -0.15) is 0 Å². The van der Waals surface area contributed by atoms with E-state index in [2.05, 4.69) is 44.9 Å². The molecular weight excluding hydrogens is 630 g/mol. The summed E-state index contributed by atoms with van der Waals surface area (Å²) < 4.78 is 34.4. The number of hydrogen-bond acceptors (Lipinski definition) is 8. The number of rotatable bonds is 10. The number of nitrogens with zero attached hydrogens (tertiary/aromatic N) is 5. The standard InChI is InChI=1S/C35H51N7O5S/c1-35(2,3)26-19-28(33(47-7)29(20-26)37-48(8,45)46)36-34(44)30-18-24-10-9-11-25(32(24)39(30)6)21-40-14-16-42(17-15-40)31(43)23-41-13-12-27(22-41)38(4)5/h9-11,18-20,27,37H,12-17,21-23H2,1-8H3,(H,36,44)/t27-/m0/s1. The minimum absolute atomic E-state index is 0.207. The van der Waals surface area contributed by atoms with Crippen LogP contribution in [0, 0.1) is 0 Å². The number of likely N-dealkylation sites (N-methyl/N-ethyl adjacent to an activating group) is 1. The third kappa shape index (κ3) is 8.13. The first-order valence-electron chi connectivity index (χ1n) is 16.5. The number of amides is 2. The van der Waals surface area contributed by atoms with Gasteiger partial charge in [0.15, 0.2) is 5.75 Å². The number of aromatic nitrogens is 1. The SMILES string of the molecule is COc1c(NC(=O)c2cc3cccc(CN4CCN(C(=O)CN5CC[C@H](N(C)C)C5)CC4)c3n2C)cc(C(C)(C)C)cc1NS(C)(=O)=O. The van der Waals surface area contributed by atoms with Crippen LogP contribution in [0.25, 0.3) is 10.9 Å². The van der Waals surface area contributed by atoms with Crippen LogP contribution in [0.15, 0.2) is 36.4 Å². The van der Waals surface area contributed by atoms with Gasteiger partial charge in [-0.3, -0.25) is 24.1 Å². The highest BCUT2D eigenvalue weighted by molar-refractivity contribution is 7.92. The van der Waals surface area contributed by atoms with Gasteiger partial charge >= 0.3 is 0 Å². The quantitative estimate of drug-likeness (QED) is 0.335. The molecule has 2 aliphatic heterocycles. The predicted molar refractivity (Wildman–Crippen MR) is 191 cm³/mol. The zero-order valence-corrected chi connectivity index (χ0v) is 30.4. The highest BCUT2D eigenvalue weighted by Gasteiger charge is 2.29. The number of hydrogen-bond donors (Lipinski definition) is 2. The van der Waals surface area contributed by atoms with Crippen LogP contribution in [0.4, 0.5) is 11.4 Å². The zero-order valence-electron chi connectivity index (χ0n) is 29.6. The second kappa shape index (κ2) is 14.1. The Morgan fingerprint density at radius 1 is 1.00 bits per heavy atom. The Labute approximate surface area is 285 Å². The van der Waals surface area contributed by atoms with E-state index in [1.54, 1.807) is 6.07 Å². The molecule has 2 aliphatic rings. The largest absolute Gasteiger partial charge is 0.492 e. The zero-order chi connectivity index (χ0) is 35.0. The Morgan fingerprint density at radius 3 is 2.29 bits per heavy atom. The van der Waals surface area contributed by atoms with Crippen LogP contribution >= 0.6 is 0 Å². The number of para-hydroxylation sites is 1. The molecule has 48 heavy (non-hydrogen) atoms. The first-order valence-corrected chi connectivity index (χ1v) is 18.4. The molecule has 2 amide bonds. The number of ether oxygens (including phenoxy) is 1. The average Bonchev–Trinajstić information content (AvgIpc) is 3.61. The summed E-state index contributed by atoms with van der Waals surface area (Å²) in [6.07, 6.45) is 2.18. The number of benzene rings is 2. The van der Waals surface area contributed by atoms with Gasteiger partial charge in [-0.05, 0) is 55.3 Å². The van der Waals surface area contributed by atoms with Crippen molar-refractivity contribution in [2.24, 2.45) is 7.05 Å². The van der Waals surface area contributed by atoms with Crippen LogP contribution in [0.3, 0.4) is 0 Å². The lowest BCUT2D eigenvalue weighted by Gasteiger charge is -2.35. The fourth-order valence-corrected chi connectivity index (χ4v) is 7.30. The van der Waals surface area contributed by atoms with Gasteiger partial charge in [0.1, 0.15) is 5.69 Å².